The van der Waals surface area contributed by atoms with Crippen LogP contribution in [0, 0.1) is 12.7 Å². The molecule has 1 heterocycles. The normalized spacial score (nSPS) is 10.7. The number of rotatable bonds is 4. The SMILES string of the molecule is CCCNc1nc(-c2ccc(F)c(C)c2)c(Cl)cc1Cl. The molecule has 0 aliphatic carbocycles. The first-order chi connectivity index (χ1) is 9.52. The molecule has 0 unspecified atom stereocenters. The third kappa shape index (κ3) is 3.22. The van der Waals surface area contributed by atoms with E-state index in [1.165, 1.54) is 6.07 Å². The van der Waals surface area contributed by atoms with Gasteiger partial charge < -0.3 is 5.32 Å². The number of benzene rings is 1. The summed E-state index contributed by atoms with van der Waals surface area (Å²) in [6, 6.07) is 6.45. The van der Waals surface area contributed by atoms with Crippen molar-refractivity contribution in [3.63, 3.8) is 0 Å². The summed E-state index contributed by atoms with van der Waals surface area (Å²) < 4.78 is 13.3. The van der Waals surface area contributed by atoms with Gasteiger partial charge in [0.1, 0.15) is 11.6 Å². The summed E-state index contributed by atoms with van der Waals surface area (Å²) in [5.41, 5.74) is 1.92. The van der Waals surface area contributed by atoms with Crippen LogP contribution in [0.25, 0.3) is 11.3 Å². The van der Waals surface area contributed by atoms with Gasteiger partial charge in [-0.15, -0.1) is 0 Å². The second-order valence-electron chi connectivity index (χ2n) is 4.54. The lowest BCUT2D eigenvalue weighted by Gasteiger charge is -2.11. The predicted molar refractivity (Wildman–Crippen MR) is 83.2 cm³/mol. The van der Waals surface area contributed by atoms with Crippen molar-refractivity contribution in [1.82, 2.24) is 4.98 Å². The largest absolute Gasteiger partial charge is 0.369 e. The van der Waals surface area contributed by atoms with Crippen LogP contribution in [0.4, 0.5) is 10.2 Å². The van der Waals surface area contributed by atoms with Gasteiger partial charge in [0.2, 0.25) is 0 Å². The molecule has 1 aromatic heterocycles. The van der Waals surface area contributed by atoms with Crippen molar-refractivity contribution in [1.29, 1.82) is 0 Å². The van der Waals surface area contributed by atoms with Crippen molar-refractivity contribution in [2.45, 2.75) is 20.3 Å². The van der Waals surface area contributed by atoms with Gasteiger partial charge in [-0.3, -0.25) is 0 Å². The molecule has 1 N–H and O–H groups in total. The van der Waals surface area contributed by atoms with Crippen LogP contribution in [-0.2, 0) is 0 Å². The zero-order valence-corrected chi connectivity index (χ0v) is 12.8. The fourth-order valence-corrected chi connectivity index (χ4v) is 2.36. The molecular weight excluding hydrogens is 298 g/mol. The van der Waals surface area contributed by atoms with Crippen molar-refractivity contribution in [3.8, 4) is 11.3 Å². The molecule has 0 atom stereocenters. The number of hydrogen-bond acceptors (Lipinski definition) is 2. The average Bonchev–Trinajstić information content (AvgIpc) is 2.41. The van der Waals surface area contributed by atoms with Crippen molar-refractivity contribution < 1.29 is 4.39 Å². The number of halogens is 3. The summed E-state index contributed by atoms with van der Waals surface area (Å²) in [6.45, 7) is 4.54. The van der Waals surface area contributed by atoms with Gasteiger partial charge in [-0.2, -0.15) is 0 Å². The Morgan fingerprint density at radius 3 is 2.60 bits per heavy atom. The maximum Gasteiger partial charge on any atom is 0.145 e. The summed E-state index contributed by atoms with van der Waals surface area (Å²) in [4.78, 5) is 4.45. The molecule has 0 aliphatic rings. The van der Waals surface area contributed by atoms with Gasteiger partial charge in [-0.05, 0) is 43.2 Å². The fourth-order valence-electron chi connectivity index (χ4n) is 1.83. The highest BCUT2D eigenvalue weighted by atomic mass is 35.5. The number of anilines is 1. The third-order valence-electron chi connectivity index (χ3n) is 2.90. The molecule has 0 saturated heterocycles. The Kier molecular flexibility index (Phi) is 4.84. The molecule has 1 aromatic carbocycles. The minimum atomic E-state index is -0.247. The average molecular weight is 313 g/mol. The fraction of sp³-hybridized carbons (Fsp3) is 0.267. The van der Waals surface area contributed by atoms with Gasteiger partial charge in [0, 0.05) is 12.1 Å². The quantitative estimate of drug-likeness (QED) is 0.826. The zero-order valence-electron chi connectivity index (χ0n) is 11.3. The van der Waals surface area contributed by atoms with Crippen molar-refractivity contribution in [2.75, 3.05) is 11.9 Å². The van der Waals surface area contributed by atoms with Crippen LogP contribution in [0.1, 0.15) is 18.9 Å². The van der Waals surface area contributed by atoms with Gasteiger partial charge in [-0.1, -0.05) is 30.1 Å². The van der Waals surface area contributed by atoms with E-state index in [-0.39, 0.29) is 5.82 Å². The topological polar surface area (TPSA) is 24.9 Å². The maximum absolute atomic E-state index is 13.3. The second kappa shape index (κ2) is 6.42. The lowest BCUT2D eigenvalue weighted by Crippen LogP contribution is -2.03. The van der Waals surface area contributed by atoms with E-state index < -0.39 is 0 Å². The zero-order chi connectivity index (χ0) is 14.7. The molecule has 2 rings (SSSR count). The molecule has 5 heteroatoms. The van der Waals surface area contributed by atoms with E-state index in [0.717, 1.165) is 18.5 Å². The van der Waals surface area contributed by atoms with E-state index in [1.807, 2.05) is 0 Å². The summed E-state index contributed by atoms with van der Waals surface area (Å²) in [6.07, 6.45) is 0.964. The van der Waals surface area contributed by atoms with Gasteiger partial charge in [0.05, 0.1) is 15.7 Å². The highest BCUT2D eigenvalue weighted by molar-refractivity contribution is 6.37. The molecule has 0 bridgehead atoms. The summed E-state index contributed by atoms with van der Waals surface area (Å²) in [5.74, 6) is 0.345. The molecule has 0 spiro atoms. The van der Waals surface area contributed by atoms with Crippen molar-refractivity contribution in [3.05, 3.63) is 45.7 Å². The molecule has 0 saturated carbocycles. The Morgan fingerprint density at radius 1 is 1.20 bits per heavy atom. The third-order valence-corrected chi connectivity index (χ3v) is 3.48. The van der Waals surface area contributed by atoms with E-state index in [0.29, 0.717) is 27.1 Å². The highest BCUT2D eigenvalue weighted by Crippen LogP contribution is 2.33. The summed E-state index contributed by atoms with van der Waals surface area (Å²) in [7, 11) is 0. The van der Waals surface area contributed by atoms with E-state index in [2.05, 4.69) is 17.2 Å². The second-order valence-corrected chi connectivity index (χ2v) is 5.35. The Hall–Kier alpha value is -1.32. The standard InChI is InChI=1S/C15H15Cl2FN2/c1-3-6-19-15-12(17)8-11(16)14(20-15)10-4-5-13(18)9(2)7-10/h4-5,7-8H,3,6H2,1-2H3,(H,19,20). The summed E-state index contributed by atoms with van der Waals surface area (Å²) >= 11 is 12.3. The first-order valence-electron chi connectivity index (χ1n) is 6.39. The van der Waals surface area contributed by atoms with Gasteiger partial charge in [-0.25, -0.2) is 9.37 Å². The molecule has 0 fully saturated rings. The van der Waals surface area contributed by atoms with Crippen LogP contribution in [-0.4, -0.2) is 11.5 Å². The van der Waals surface area contributed by atoms with Crippen LogP contribution in [0.2, 0.25) is 10.0 Å². The van der Waals surface area contributed by atoms with Crippen molar-refractivity contribution in [2.24, 2.45) is 0 Å². The molecule has 0 amide bonds. The van der Waals surface area contributed by atoms with E-state index in [4.69, 9.17) is 23.2 Å². The first-order valence-corrected chi connectivity index (χ1v) is 7.15. The maximum atomic E-state index is 13.3. The van der Waals surface area contributed by atoms with Crippen LogP contribution in [0.15, 0.2) is 24.3 Å². The van der Waals surface area contributed by atoms with E-state index >= 15 is 0 Å². The Bertz CT molecular complexity index is 630. The smallest absolute Gasteiger partial charge is 0.145 e. The van der Waals surface area contributed by atoms with Crippen LogP contribution >= 0.6 is 23.2 Å². The lowest BCUT2D eigenvalue weighted by atomic mass is 10.1. The number of hydrogen-bond donors (Lipinski definition) is 1. The van der Waals surface area contributed by atoms with E-state index in [1.54, 1.807) is 25.1 Å². The molecule has 2 nitrogen and oxygen atoms in total. The van der Waals surface area contributed by atoms with Gasteiger partial charge in [0.15, 0.2) is 0 Å². The molecule has 0 radical (unpaired) electrons. The molecule has 106 valence electrons. The molecule has 0 aliphatic heterocycles. The minimum absolute atomic E-state index is 0.247. The van der Waals surface area contributed by atoms with Crippen LogP contribution in [0.3, 0.4) is 0 Å². The predicted octanol–water partition coefficient (Wildman–Crippen LogP) is 5.32. The van der Waals surface area contributed by atoms with Crippen LogP contribution in [0.5, 0.6) is 0 Å². The Balaban J connectivity index is 2.47. The first kappa shape index (κ1) is 15.1. The Labute approximate surface area is 127 Å². The molecule has 20 heavy (non-hydrogen) atoms. The number of aryl methyl sites for hydroxylation is 1. The van der Waals surface area contributed by atoms with Gasteiger partial charge >= 0.3 is 0 Å². The lowest BCUT2D eigenvalue weighted by molar-refractivity contribution is 0.619. The van der Waals surface area contributed by atoms with E-state index in [9.17, 15) is 4.39 Å². The number of nitrogens with zero attached hydrogens (tertiary/aromatic N) is 1. The minimum Gasteiger partial charge on any atom is -0.369 e. The number of nitrogens with one attached hydrogen (secondary N) is 1. The monoisotopic (exact) mass is 312 g/mol. The molecular formula is C15H15Cl2FN2. The van der Waals surface area contributed by atoms with Gasteiger partial charge in [0.25, 0.3) is 0 Å². The van der Waals surface area contributed by atoms with Crippen molar-refractivity contribution >= 4 is 29.0 Å². The number of aromatic nitrogens is 1. The Morgan fingerprint density at radius 2 is 1.95 bits per heavy atom. The summed E-state index contributed by atoms with van der Waals surface area (Å²) in [5, 5.41) is 4.08. The highest BCUT2D eigenvalue weighted by Gasteiger charge is 2.12. The molecule has 2 aromatic rings. The number of pyridine rings is 1. The van der Waals surface area contributed by atoms with Crippen LogP contribution < -0.4 is 5.32 Å².